The number of anilines is 2. The number of nitrogens with zero attached hydrogens (tertiary/aromatic N) is 4. The first-order chi connectivity index (χ1) is 13.7. The summed E-state index contributed by atoms with van der Waals surface area (Å²) in [5.41, 5.74) is 1.62. The number of carbonyl (C=O) groups is 1. The number of carbonyl (C=O) groups excluding carboxylic acids is 1. The molecule has 1 atom stereocenters. The van der Waals surface area contributed by atoms with Gasteiger partial charge in [0.05, 0.1) is 22.5 Å². The van der Waals surface area contributed by atoms with Crippen LogP contribution in [-0.4, -0.2) is 64.1 Å². The highest BCUT2D eigenvalue weighted by molar-refractivity contribution is 6.30. The summed E-state index contributed by atoms with van der Waals surface area (Å²) in [7, 11) is 0. The second-order valence-electron chi connectivity index (χ2n) is 8.53. The van der Waals surface area contributed by atoms with E-state index in [1.54, 1.807) is 4.90 Å². The Hall–Kier alpha value is -2.48. The predicted molar refractivity (Wildman–Crippen MR) is 112 cm³/mol. The van der Waals surface area contributed by atoms with Crippen molar-refractivity contribution in [3.63, 3.8) is 0 Å². The van der Waals surface area contributed by atoms with Gasteiger partial charge < -0.3 is 25.0 Å². The standard InChI is InChI=1S/C20H26ClN5O3/c1-20(2,3)29-19(28)25-7-8-26-12(11-25)10-22-18-16(26)9-15(23-24-18)13-5-4-6-14(21)17(13)27/h5,9,12,27H,4,6-8,10-11H2,1-3H3,(H,22,24). The maximum atomic E-state index is 12.5. The van der Waals surface area contributed by atoms with Crippen LogP contribution in [0.25, 0.3) is 5.57 Å². The highest BCUT2D eigenvalue weighted by Crippen LogP contribution is 2.36. The van der Waals surface area contributed by atoms with E-state index in [2.05, 4.69) is 20.4 Å². The van der Waals surface area contributed by atoms with Crippen LogP contribution in [0.1, 0.15) is 39.3 Å². The second-order valence-corrected chi connectivity index (χ2v) is 8.98. The molecule has 29 heavy (non-hydrogen) atoms. The summed E-state index contributed by atoms with van der Waals surface area (Å²) in [6, 6.07) is 2.04. The number of ether oxygens (including phenoxy) is 1. The van der Waals surface area contributed by atoms with Crippen molar-refractivity contribution in [2.45, 2.75) is 45.3 Å². The molecule has 0 saturated carbocycles. The molecule has 3 aliphatic rings. The third kappa shape index (κ3) is 3.99. The molecule has 156 valence electrons. The zero-order valence-corrected chi connectivity index (χ0v) is 17.7. The number of amides is 1. The molecule has 0 aromatic carbocycles. The van der Waals surface area contributed by atoms with Crippen molar-refractivity contribution in [1.82, 2.24) is 15.1 Å². The summed E-state index contributed by atoms with van der Waals surface area (Å²) in [6.45, 7) is 8.09. The fourth-order valence-corrected chi connectivity index (χ4v) is 4.05. The van der Waals surface area contributed by atoms with Crippen LogP contribution in [0.15, 0.2) is 22.9 Å². The average Bonchev–Trinajstić information content (AvgIpc) is 2.68. The van der Waals surface area contributed by atoms with Crippen LogP contribution in [0.5, 0.6) is 0 Å². The van der Waals surface area contributed by atoms with Gasteiger partial charge in [0, 0.05) is 31.8 Å². The molecule has 1 fully saturated rings. The van der Waals surface area contributed by atoms with Gasteiger partial charge in [0.2, 0.25) is 0 Å². The zero-order valence-electron chi connectivity index (χ0n) is 16.9. The van der Waals surface area contributed by atoms with E-state index in [1.165, 1.54) is 0 Å². The number of hydrogen-bond donors (Lipinski definition) is 2. The van der Waals surface area contributed by atoms with Gasteiger partial charge in [-0.15, -0.1) is 10.2 Å². The largest absolute Gasteiger partial charge is 0.506 e. The van der Waals surface area contributed by atoms with Crippen molar-refractivity contribution in [3.8, 4) is 0 Å². The lowest BCUT2D eigenvalue weighted by Gasteiger charge is -2.45. The van der Waals surface area contributed by atoms with E-state index >= 15 is 0 Å². The van der Waals surface area contributed by atoms with E-state index in [4.69, 9.17) is 16.3 Å². The van der Waals surface area contributed by atoms with E-state index < -0.39 is 5.60 Å². The van der Waals surface area contributed by atoms with Crippen LogP contribution < -0.4 is 10.2 Å². The van der Waals surface area contributed by atoms with Crippen LogP contribution in [0, 0.1) is 0 Å². The topological polar surface area (TPSA) is 90.8 Å². The molecule has 1 unspecified atom stereocenters. The van der Waals surface area contributed by atoms with E-state index in [9.17, 15) is 9.90 Å². The quantitative estimate of drug-likeness (QED) is 0.719. The first-order valence-corrected chi connectivity index (χ1v) is 10.3. The van der Waals surface area contributed by atoms with Crippen LogP contribution in [0.3, 0.4) is 0 Å². The summed E-state index contributed by atoms with van der Waals surface area (Å²) in [5.74, 6) is 0.781. The highest BCUT2D eigenvalue weighted by Gasteiger charge is 2.36. The molecule has 8 nitrogen and oxygen atoms in total. The van der Waals surface area contributed by atoms with Crippen molar-refractivity contribution < 1.29 is 14.6 Å². The Morgan fingerprint density at radius 1 is 1.34 bits per heavy atom. The summed E-state index contributed by atoms with van der Waals surface area (Å²) >= 11 is 6.13. The fraction of sp³-hybridized carbons (Fsp3) is 0.550. The summed E-state index contributed by atoms with van der Waals surface area (Å²) < 4.78 is 5.52. The van der Waals surface area contributed by atoms with Gasteiger partial charge in [-0.05, 0) is 39.7 Å². The maximum Gasteiger partial charge on any atom is 0.410 e. The molecular formula is C20H26ClN5O3. The van der Waals surface area contributed by atoms with Crippen molar-refractivity contribution in [3.05, 3.63) is 28.6 Å². The predicted octanol–water partition coefficient (Wildman–Crippen LogP) is 3.51. The Morgan fingerprint density at radius 2 is 2.14 bits per heavy atom. The smallest absolute Gasteiger partial charge is 0.410 e. The number of aromatic nitrogens is 2. The van der Waals surface area contributed by atoms with E-state index in [1.807, 2.05) is 32.9 Å². The van der Waals surface area contributed by atoms with Crippen LogP contribution >= 0.6 is 11.6 Å². The number of rotatable bonds is 1. The van der Waals surface area contributed by atoms with Crippen molar-refractivity contribution in [2.75, 3.05) is 36.4 Å². The normalized spacial score (nSPS) is 21.8. The Labute approximate surface area is 175 Å². The molecule has 1 aliphatic carbocycles. The van der Waals surface area contributed by atoms with Gasteiger partial charge >= 0.3 is 6.09 Å². The highest BCUT2D eigenvalue weighted by atomic mass is 35.5. The lowest BCUT2D eigenvalue weighted by Crippen LogP contribution is -2.59. The molecule has 4 rings (SSSR count). The number of halogens is 1. The van der Waals surface area contributed by atoms with Gasteiger partial charge in [0.15, 0.2) is 5.82 Å². The van der Waals surface area contributed by atoms with Gasteiger partial charge in [0.1, 0.15) is 11.4 Å². The van der Waals surface area contributed by atoms with Crippen LogP contribution in [0.2, 0.25) is 0 Å². The van der Waals surface area contributed by atoms with E-state index in [0.29, 0.717) is 54.7 Å². The van der Waals surface area contributed by atoms with E-state index in [-0.39, 0.29) is 17.9 Å². The van der Waals surface area contributed by atoms with Gasteiger partial charge in [-0.2, -0.15) is 0 Å². The van der Waals surface area contributed by atoms with Crippen LogP contribution in [0.4, 0.5) is 16.3 Å². The number of allylic oxidation sites excluding steroid dienone is 3. The lowest BCUT2D eigenvalue weighted by molar-refractivity contribution is 0.0216. The number of fused-ring (bicyclic) bond motifs is 3. The fourth-order valence-electron chi connectivity index (χ4n) is 3.84. The van der Waals surface area contributed by atoms with Crippen molar-refractivity contribution in [1.29, 1.82) is 0 Å². The third-order valence-electron chi connectivity index (χ3n) is 5.22. The van der Waals surface area contributed by atoms with Gasteiger partial charge in [-0.3, -0.25) is 0 Å². The minimum Gasteiger partial charge on any atom is -0.506 e. The summed E-state index contributed by atoms with van der Waals surface area (Å²) in [5, 5.41) is 22.7. The first-order valence-electron chi connectivity index (χ1n) is 9.87. The number of nitrogens with one attached hydrogen (secondary N) is 1. The molecule has 3 heterocycles. The number of aliphatic hydroxyl groups excluding tert-OH is 1. The van der Waals surface area contributed by atoms with Crippen LogP contribution in [-0.2, 0) is 4.74 Å². The molecule has 0 bridgehead atoms. The molecule has 2 aliphatic heterocycles. The van der Waals surface area contributed by atoms with Crippen molar-refractivity contribution in [2.24, 2.45) is 0 Å². The Kier molecular flexibility index (Phi) is 5.06. The minimum absolute atomic E-state index is 0.0715. The molecule has 1 aromatic heterocycles. The maximum absolute atomic E-state index is 12.5. The summed E-state index contributed by atoms with van der Waals surface area (Å²) in [4.78, 5) is 16.5. The third-order valence-corrected chi connectivity index (χ3v) is 5.59. The SMILES string of the molecule is CC(C)(C)OC(=O)N1CCN2c3cc(C4=CCCC(Cl)=C4O)nnc3NCC2C1. The molecule has 0 radical (unpaired) electrons. The number of hydrogen-bond acceptors (Lipinski definition) is 7. The van der Waals surface area contributed by atoms with Gasteiger partial charge in [-0.25, -0.2) is 4.79 Å². The Morgan fingerprint density at radius 3 is 2.90 bits per heavy atom. The monoisotopic (exact) mass is 419 g/mol. The Balaban J connectivity index is 1.55. The molecule has 1 aromatic rings. The first kappa shape index (κ1) is 19.8. The lowest BCUT2D eigenvalue weighted by atomic mass is 10.0. The van der Waals surface area contributed by atoms with Crippen molar-refractivity contribution >= 4 is 34.8 Å². The molecule has 1 amide bonds. The van der Waals surface area contributed by atoms with Gasteiger partial charge in [0.25, 0.3) is 0 Å². The molecule has 0 spiro atoms. The summed E-state index contributed by atoms with van der Waals surface area (Å²) in [6.07, 6.45) is 3.04. The molecule has 1 saturated heterocycles. The molecule has 2 N–H and O–H groups in total. The number of aliphatic hydroxyl groups is 1. The van der Waals surface area contributed by atoms with Gasteiger partial charge in [-0.1, -0.05) is 17.7 Å². The molecular weight excluding hydrogens is 394 g/mol. The Bertz CT molecular complexity index is 893. The molecule has 9 heteroatoms. The number of piperazine rings is 1. The van der Waals surface area contributed by atoms with E-state index in [0.717, 1.165) is 12.1 Å². The second kappa shape index (κ2) is 7.40. The average molecular weight is 420 g/mol. The minimum atomic E-state index is -0.513. The zero-order chi connectivity index (χ0) is 20.8.